The molecule has 0 bridgehead atoms. The number of rotatable bonds is 2. The summed E-state index contributed by atoms with van der Waals surface area (Å²) in [6.07, 6.45) is 4.67. The molecule has 1 fully saturated rings. The maximum Gasteiger partial charge on any atom is 0.0679 e. The number of β-amino-alcohol motifs (C(OH)–C–C–N with tert-alkyl or cyclic N) is 1. The first-order chi connectivity index (χ1) is 7.81. The number of aliphatic hydroxyl groups is 1. The first-order valence-electron chi connectivity index (χ1n) is 6.32. The van der Waals surface area contributed by atoms with Gasteiger partial charge in [0, 0.05) is 19.6 Å². The summed E-state index contributed by atoms with van der Waals surface area (Å²) in [6.45, 7) is 2.89. The molecule has 0 spiro atoms. The number of likely N-dealkylation sites (tertiary alicyclic amines) is 1. The molecule has 1 aromatic carbocycles. The number of halogens is 1. The van der Waals surface area contributed by atoms with Crippen molar-refractivity contribution in [3.8, 4) is 0 Å². The van der Waals surface area contributed by atoms with Crippen LogP contribution in [-0.4, -0.2) is 29.2 Å². The molecule has 1 unspecified atom stereocenters. The monoisotopic (exact) mass is 253 g/mol. The lowest BCUT2D eigenvalue weighted by molar-refractivity contribution is 0.175. The summed E-state index contributed by atoms with van der Waals surface area (Å²) in [7, 11) is 0. The number of hydrogen-bond donors (Lipinski definition) is 1. The Labute approximate surface area is 109 Å². The Balaban J connectivity index is 0.00000108. The highest BCUT2D eigenvalue weighted by Crippen LogP contribution is 2.24. The van der Waals surface area contributed by atoms with E-state index in [0.29, 0.717) is 0 Å². The molecule has 1 saturated heterocycles. The molecule has 1 heterocycles. The minimum atomic E-state index is -0.102. The lowest BCUT2D eigenvalue weighted by Crippen LogP contribution is -2.21. The van der Waals surface area contributed by atoms with Crippen LogP contribution in [0.5, 0.6) is 0 Å². The van der Waals surface area contributed by atoms with Crippen molar-refractivity contribution in [2.24, 2.45) is 0 Å². The van der Waals surface area contributed by atoms with Crippen molar-refractivity contribution in [3.63, 3.8) is 0 Å². The first kappa shape index (κ1) is 12.9. The van der Waals surface area contributed by atoms with Crippen LogP contribution >= 0.6 is 12.4 Å². The Bertz CT molecular complexity index is 394. The number of fused-ring (bicyclic) bond motifs is 1. The van der Waals surface area contributed by atoms with Gasteiger partial charge in [-0.1, -0.05) is 18.2 Å². The molecular formula is C14H20ClNO. The van der Waals surface area contributed by atoms with Crippen molar-refractivity contribution in [2.45, 2.75) is 38.3 Å². The normalized spacial score (nSPS) is 23.5. The summed E-state index contributed by atoms with van der Waals surface area (Å²) in [5.74, 6) is 0. The van der Waals surface area contributed by atoms with Gasteiger partial charge in [-0.05, 0) is 42.4 Å². The van der Waals surface area contributed by atoms with Gasteiger partial charge in [0.1, 0.15) is 0 Å². The molecule has 1 aromatic rings. The van der Waals surface area contributed by atoms with Gasteiger partial charge in [0.25, 0.3) is 0 Å². The molecule has 1 N–H and O–H groups in total. The second-order valence-corrected chi connectivity index (χ2v) is 5.13. The van der Waals surface area contributed by atoms with Crippen LogP contribution in [0, 0.1) is 0 Å². The fourth-order valence-electron chi connectivity index (χ4n) is 2.94. The number of aliphatic hydroxyl groups excluding tert-OH is 1. The molecule has 0 amide bonds. The molecule has 17 heavy (non-hydrogen) atoms. The van der Waals surface area contributed by atoms with E-state index in [9.17, 15) is 5.11 Å². The van der Waals surface area contributed by atoms with Crippen molar-refractivity contribution in [2.75, 3.05) is 13.1 Å². The molecule has 2 aliphatic rings. The van der Waals surface area contributed by atoms with Crippen LogP contribution in [0.3, 0.4) is 0 Å². The lowest BCUT2D eigenvalue weighted by Gasteiger charge is -2.15. The largest absolute Gasteiger partial charge is 0.392 e. The molecule has 3 heteroatoms. The maximum atomic E-state index is 9.49. The molecule has 1 aliphatic carbocycles. The van der Waals surface area contributed by atoms with Gasteiger partial charge in [-0.2, -0.15) is 0 Å². The third-order valence-electron chi connectivity index (χ3n) is 3.82. The second-order valence-electron chi connectivity index (χ2n) is 5.13. The zero-order valence-electron chi connectivity index (χ0n) is 10.1. The van der Waals surface area contributed by atoms with Crippen molar-refractivity contribution >= 4 is 12.4 Å². The SMILES string of the molecule is Cl.OC1CCN(Cc2ccc3c(c2)CCC3)C1. The second kappa shape index (κ2) is 5.38. The van der Waals surface area contributed by atoms with Gasteiger partial charge < -0.3 is 5.11 Å². The van der Waals surface area contributed by atoms with Gasteiger partial charge in [0.15, 0.2) is 0 Å². The van der Waals surface area contributed by atoms with E-state index in [2.05, 4.69) is 23.1 Å². The average molecular weight is 254 g/mol. The Morgan fingerprint density at radius 1 is 1.24 bits per heavy atom. The number of benzene rings is 1. The topological polar surface area (TPSA) is 23.5 Å². The van der Waals surface area contributed by atoms with Crippen molar-refractivity contribution < 1.29 is 5.11 Å². The standard InChI is InChI=1S/C14H19NO.ClH/c16-14-6-7-15(10-14)9-11-4-5-12-2-1-3-13(12)8-11;/h4-5,8,14,16H,1-3,6-7,9-10H2;1H. The lowest BCUT2D eigenvalue weighted by atomic mass is 10.1. The quantitative estimate of drug-likeness (QED) is 0.873. The van der Waals surface area contributed by atoms with Crippen molar-refractivity contribution in [3.05, 3.63) is 34.9 Å². The summed E-state index contributed by atoms with van der Waals surface area (Å²) < 4.78 is 0. The van der Waals surface area contributed by atoms with Crippen molar-refractivity contribution in [1.82, 2.24) is 4.90 Å². The highest BCUT2D eigenvalue weighted by atomic mass is 35.5. The molecule has 0 radical (unpaired) electrons. The summed E-state index contributed by atoms with van der Waals surface area (Å²) in [5.41, 5.74) is 4.51. The van der Waals surface area contributed by atoms with E-state index in [1.165, 1.54) is 24.8 Å². The van der Waals surface area contributed by atoms with Crippen LogP contribution in [0.2, 0.25) is 0 Å². The first-order valence-corrected chi connectivity index (χ1v) is 6.32. The summed E-state index contributed by atoms with van der Waals surface area (Å²) in [4.78, 5) is 2.35. The third-order valence-corrected chi connectivity index (χ3v) is 3.82. The fraction of sp³-hybridized carbons (Fsp3) is 0.571. The molecule has 1 aliphatic heterocycles. The molecule has 0 aromatic heterocycles. The van der Waals surface area contributed by atoms with E-state index < -0.39 is 0 Å². The van der Waals surface area contributed by atoms with Crippen LogP contribution in [0.4, 0.5) is 0 Å². The summed E-state index contributed by atoms with van der Waals surface area (Å²) in [6, 6.07) is 6.92. The molecular weight excluding hydrogens is 234 g/mol. The van der Waals surface area contributed by atoms with Crippen LogP contribution in [0.25, 0.3) is 0 Å². The predicted octanol–water partition coefficient (Wildman–Crippen LogP) is 2.16. The molecule has 1 atom stereocenters. The zero-order valence-corrected chi connectivity index (χ0v) is 10.9. The Kier molecular flexibility index (Phi) is 4.08. The molecule has 3 rings (SSSR count). The Morgan fingerprint density at radius 3 is 2.82 bits per heavy atom. The van der Waals surface area contributed by atoms with Gasteiger partial charge in [-0.3, -0.25) is 4.90 Å². The summed E-state index contributed by atoms with van der Waals surface area (Å²) in [5, 5.41) is 9.49. The third kappa shape index (κ3) is 2.82. The van der Waals surface area contributed by atoms with Gasteiger partial charge >= 0.3 is 0 Å². The van der Waals surface area contributed by atoms with Gasteiger partial charge in [-0.15, -0.1) is 12.4 Å². The van der Waals surface area contributed by atoms with E-state index in [4.69, 9.17) is 0 Å². The van der Waals surface area contributed by atoms with Crippen LogP contribution < -0.4 is 0 Å². The van der Waals surface area contributed by atoms with E-state index in [1.807, 2.05) is 0 Å². The van der Waals surface area contributed by atoms with E-state index in [0.717, 1.165) is 26.1 Å². The summed E-state index contributed by atoms with van der Waals surface area (Å²) >= 11 is 0. The average Bonchev–Trinajstić information content (AvgIpc) is 2.87. The van der Waals surface area contributed by atoms with Crippen LogP contribution in [-0.2, 0) is 19.4 Å². The number of nitrogens with zero attached hydrogens (tertiary/aromatic N) is 1. The van der Waals surface area contributed by atoms with Gasteiger partial charge in [0.05, 0.1) is 6.10 Å². The maximum absolute atomic E-state index is 9.49. The molecule has 0 saturated carbocycles. The van der Waals surface area contributed by atoms with Gasteiger partial charge in [0.2, 0.25) is 0 Å². The molecule has 2 nitrogen and oxygen atoms in total. The van der Waals surface area contributed by atoms with Gasteiger partial charge in [-0.25, -0.2) is 0 Å². The zero-order chi connectivity index (χ0) is 11.0. The number of hydrogen-bond acceptors (Lipinski definition) is 2. The highest BCUT2D eigenvalue weighted by Gasteiger charge is 2.20. The van der Waals surface area contributed by atoms with Crippen LogP contribution in [0.15, 0.2) is 18.2 Å². The van der Waals surface area contributed by atoms with Crippen molar-refractivity contribution in [1.29, 1.82) is 0 Å². The minimum Gasteiger partial charge on any atom is -0.392 e. The fourth-order valence-corrected chi connectivity index (χ4v) is 2.94. The van der Waals surface area contributed by atoms with Crippen LogP contribution in [0.1, 0.15) is 29.5 Å². The predicted molar refractivity (Wildman–Crippen MR) is 71.6 cm³/mol. The number of aryl methyl sites for hydroxylation is 2. The van der Waals surface area contributed by atoms with E-state index in [-0.39, 0.29) is 18.5 Å². The van der Waals surface area contributed by atoms with E-state index >= 15 is 0 Å². The smallest absolute Gasteiger partial charge is 0.0679 e. The highest BCUT2D eigenvalue weighted by molar-refractivity contribution is 5.85. The van der Waals surface area contributed by atoms with E-state index in [1.54, 1.807) is 11.1 Å². The Hall–Kier alpha value is -0.570. The minimum absolute atomic E-state index is 0. The molecule has 94 valence electrons. The Morgan fingerprint density at radius 2 is 2.06 bits per heavy atom.